The highest BCUT2D eigenvalue weighted by atomic mass is 32.2. The second-order valence-corrected chi connectivity index (χ2v) is 8.51. The number of nitrogens with one attached hydrogen (secondary N) is 2. The fourth-order valence-corrected chi connectivity index (χ4v) is 4.29. The van der Waals surface area contributed by atoms with Crippen LogP contribution < -0.4 is 14.4 Å². The van der Waals surface area contributed by atoms with Crippen LogP contribution in [0.2, 0.25) is 0 Å². The lowest BCUT2D eigenvalue weighted by atomic mass is 10.2. The second kappa shape index (κ2) is 6.89. The molecule has 0 bridgehead atoms. The van der Waals surface area contributed by atoms with Gasteiger partial charge in [-0.1, -0.05) is 23.8 Å². The molecule has 0 aliphatic carbocycles. The molecule has 2 aromatic rings. The van der Waals surface area contributed by atoms with E-state index in [1.54, 1.807) is 25.1 Å². The van der Waals surface area contributed by atoms with Gasteiger partial charge in [-0.25, -0.2) is 16.8 Å². The largest absolute Gasteiger partial charge is 0.495 e. The van der Waals surface area contributed by atoms with Gasteiger partial charge >= 0.3 is 0 Å². The molecule has 0 heterocycles. The lowest BCUT2D eigenvalue weighted by Gasteiger charge is -2.12. The molecule has 0 spiro atoms. The molecule has 0 atom stereocenters. The highest BCUT2D eigenvalue weighted by Gasteiger charge is 2.23. The normalized spacial score (nSPS) is 12.1. The first kappa shape index (κ1) is 18.4. The zero-order valence-corrected chi connectivity index (χ0v) is 15.0. The first-order valence-corrected chi connectivity index (χ1v) is 9.87. The smallest absolute Gasteiger partial charge is 0.257 e. The molecule has 130 valence electrons. The summed E-state index contributed by atoms with van der Waals surface area (Å²) in [7, 11) is -6.84. The summed E-state index contributed by atoms with van der Waals surface area (Å²) in [5.41, 5.74) is 1.58. The van der Waals surface area contributed by atoms with Crippen LogP contribution >= 0.6 is 0 Å². The zero-order valence-electron chi connectivity index (χ0n) is 13.4. The Morgan fingerprint density at radius 1 is 0.792 bits per heavy atom. The van der Waals surface area contributed by atoms with Gasteiger partial charge in [-0.15, -0.1) is 9.66 Å². The summed E-state index contributed by atoms with van der Waals surface area (Å²) in [4.78, 5) is 3.56. The molecular weight excluding hydrogens is 352 g/mol. The van der Waals surface area contributed by atoms with Crippen LogP contribution in [0.3, 0.4) is 0 Å². The third-order valence-corrected chi connectivity index (χ3v) is 5.91. The fraction of sp³-hybridized carbons (Fsp3) is 0.200. The maximum atomic E-state index is 12.4. The van der Waals surface area contributed by atoms with E-state index in [9.17, 15) is 16.8 Å². The van der Waals surface area contributed by atoms with Gasteiger partial charge in [0.25, 0.3) is 20.0 Å². The van der Waals surface area contributed by atoms with E-state index in [-0.39, 0.29) is 15.5 Å². The summed E-state index contributed by atoms with van der Waals surface area (Å²) in [6.07, 6.45) is 0. The molecule has 2 aromatic carbocycles. The second-order valence-electron chi connectivity index (χ2n) is 5.18. The van der Waals surface area contributed by atoms with Crippen molar-refractivity contribution >= 4 is 20.0 Å². The Balaban J connectivity index is 2.27. The predicted molar refractivity (Wildman–Crippen MR) is 89.6 cm³/mol. The monoisotopic (exact) mass is 370 g/mol. The highest BCUT2D eigenvalue weighted by Crippen LogP contribution is 2.24. The van der Waals surface area contributed by atoms with Gasteiger partial charge in [0.2, 0.25) is 0 Å². The minimum absolute atomic E-state index is 0.0491. The van der Waals surface area contributed by atoms with Crippen LogP contribution in [-0.2, 0) is 20.0 Å². The van der Waals surface area contributed by atoms with E-state index in [1.807, 2.05) is 16.6 Å². The van der Waals surface area contributed by atoms with E-state index in [4.69, 9.17) is 4.74 Å². The molecule has 0 amide bonds. The molecule has 2 N–H and O–H groups in total. The number of aryl methyl sites for hydroxylation is 2. The lowest BCUT2D eigenvalue weighted by molar-refractivity contribution is 0.402. The maximum Gasteiger partial charge on any atom is 0.257 e. The Morgan fingerprint density at radius 2 is 1.33 bits per heavy atom. The molecule has 7 nitrogen and oxygen atoms in total. The van der Waals surface area contributed by atoms with E-state index < -0.39 is 20.0 Å². The number of hydrogen-bond acceptors (Lipinski definition) is 5. The molecule has 0 radical (unpaired) electrons. The van der Waals surface area contributed by atoms with Crippen LogP contribution in [0.4, 0.5) is 0 Å². The standard InChI is InChI=1S/C15H18N2O5S2/c1-11-4-7-13(8-5-11)23(18,19)16-17-24(20,21)15-10-12(2)6-9-14(15)22-3/h4-10,16-17H,1-3H3. The summed E-state index contributed by atoms with van der Waals surface area (Å²) in [5.74, 6) is 0.114. The molecule has 0 unspecified atom stereocenters. The Hall–Kier alpha value is -1.94. The SMILES string of the molecule is COc1ccc(C)cc1S(=O)(=O)NNS(=O)(=O)c1ccc(C)cc1. The third kappa shape index (κ3) is 4.12. The number of ether oxygens (including phenoxy) is 1. The fourth-order valence-electron chi connectivity index (χ4n) is 1.93. The first-order chi connectivity index (χ1) is 11.2. The predicted octanol–water partition coefficient (Wildman–Crippen LogP) is 1.48. The number of rotatable bonds is 6. The van der Waals surface area contributed by atoms with Crippen molar-refractivity contribution in [3.63, 3.8) is 0 Å². The molecule has 24 heavy (non-hydrogen) atoms. The van der Waals surface area contributed by atoms with Crippen molar-refractivity contribution in [2.75, 3.05) is 7.11 Å². The number of sulfonamides is 2. The van der Waals surface area contributed by atoms with Gasteiger partial charge in [0.15, 0.2) is 0 Å². The summed E-state index contributed by atoms with van der Waals surface area (Å²) >= 11 is 0. The minimum atomic E-state index is -4.14. The van der Waals surface area contributed by atoms with Gasteiger partial charge in [-0.3, -0.25) is 0 Å². The highest BCUT2D eigenvalue weighted by molar-refractivity contribution is 7.92. The lowest BCUT2D eigenvalue weighted by Crippen LogP contribution is -2.41. The van der Waals surface area contributed by atoms with Crippen LogP contribution in [0.25, 0.3) is 0 Å². The van der Waals surface area contributed by atoms with Crippen LogP contribution in [-0.4, -0.2) is 23.9 Å². The number of hydrogen-bond donors (Lipinski definition) is 2. The van der Waals surface area contributed by atoms with Crippen molar-refractivity contribution in [3.05, 3.63) is 53.6 Å². The third-order valence-electron chi connectivity index (χ3n) is 3.25. The topological polar surface area (TPSA) is 102 Å². The van der Waals surface area contributed by atoms with Gasteiger partial charge in [0, 0.05) is 0 Å². The average Bonchev–Trinajstić information content (AvgIpc) is 2.53. The van der Waals surface area contributed by atoms with Gasteiger partial charge < -0.3 is 4.74 Å². The molecule has 0 saturated carbocycles. The van der Waals surface area contributed by atoms with Crippen LogP contribution in [0.15, 0.2) is 52.3 Å². The van der Waals surface area contributed by atoms with Crippen molar-refractivity contribution in [2.45, 2.75) is 23.6 Å². The van der Waals surface area contributed by atoms with Crippen molar-refractivity contribution < 1.29 is 21.6 Å². The minimum Gasteiger partial charge on any atom is -0.495 e. The molecular formula is C15H18N2O5S2. The van der Waals surface area contributed by atoms with Gasteiger partial charge in [0.1, 0.15) is 10.6 Å². The van der Waals surface area contributed by atoms with Crippen LogP contribution in [0, 0.1) is 13.8 Å². The first-order valence-electron chi connectivity index (χ1n) is 6.90. The molecule has 0 aliphatic rings. The molecule has 0 aliphatic heterocycles. The Kier molecular flexibility index (Phi) is 5.29. The molecule has 0 fully saturated rings. The van der Waals surface area contributed by atoms with Crippen molar-refractivity contribution in [3.8, 4) is 5.75 Å². The van der Waals surface area contributed by atoms with E-state index in [0.717, 1.165) is 5.56 Å². The molecule has 0 aromatic heterocycles. The number of methoxy groups -OCH3 is 1. The Morgan fingerprint density at radius 3 is 1.92 bits per heavy atom. The number of benzene rings is 2. The van der Waals surface area contributed by atoms with E-state index in [0.29, 0.717) is 5.56 Å². The average molecular weight is 370 g/mol. The summed E-state index contributed by atoms with van der Waals surface area (Å²) in [6.45, 7) is 3.53. The van der Waals surface area contributed by atoms with Crippen molar-refractivity contribution in [1.82, 2.24) is 9.66 Å². The van der Waals surface area contributed by atoms with Gasteiger partial charge in [-0.2, -0.15) is 0 Å². The molecule has 9 heteroatoms. The zero-order chi connectivity index (χ0) is 18.0. The molecule has 0 saturated heterocycles. The molecule has 2 rings (SSSR count). The van der Waals surface area contributed by atoms with Gasteiger partial charge in [0.05, 0.1) is 12.0 Å². The number of hydrazine groups is 1. The van der Waals surface area contributed by atoms with E-state index in [2.05, 4.69) is 0 Å². The Labute approximate surface area is 141 Å². The van der Waals surface area contributed by atoms with Crippen LogP contribution in [0.1, 0.15) is 11.1 Å². The van der Waals surface area contributed by atoms with E-state index in [1.165, 1.54) is 31.4 Å². The Bertz CT molecular complexity index is 936. The van der Waals surface area contributed by atoms with Crippen LogP contribution in [0.5, 0.6) is 5.75 Å². The van der Waals surface area contributed by atoms with Crippen molar-refractivity contribution in [1.29, 1.82) is 0 Å². The summed E-state index contributed by atoms with van der Waals surface area (Å²) in [5, 5.41) is 0. The quantitative estimate of drug-likeness (QED) is 0.750. The van der Waals surface area contributed by atoms with Crippen molar-refractivity contribution in [2.24, 2.45) is 0 Å². The summed E-state index contributed by atoms with van der Waals surface area (Å²) < 4.78 is 54.1. The van der Waals surface area contributed by atoms with Gasteiger partial charge in [-0.05, 0) is 43.7 Å². The maximum absolute atomic E-state index is 12.4. The summed E-state index contributed by atoms with van der Waals surface area (Å²) in [6, 6.07) is 10.6. The van der Waals surface area contributed by atoms with E-state index >= 15 is 0 Å².